The molecule has 1 saturated heterocycles. The average molecular weight is 264 g/mol. The summed E-state index contributed by atoms with van der Waals surface area (Å²) in [4.78, 5) is 2.55. The number of alkyl halides is 1. The van der Waals surface area contributed by atoms with Gasteiger partial charge in [0.05, 0.1) is 12.7 Å². The lowest BCUT2D eigenvalue weighted by Gasteiger charge is -2.32. The fourth-order valence-electron chi connectivity index (χ4n) is 1.99. The second-order valence-electron chi connectivity index (χ2n) is 4.45. The van der Waals surface area contributed by atoms with Crippen molar-refractivity contribution in [2.75, 3.05) is 31.6 Å². The van der Waals surface area contributed by atoms with Crippen LogP contribution in [0.5, 0.6) is 0 Å². The van der Waals surface area contributed by atoms with E-state index in [0.29, 0.717) is 6.10 Å². The summed E-state index contributed by atoms with van der Waals surface area (Å²) < 4.78 is 5.71. The van der Waals surface area contributed by atoms with Crippen molar-refractivity contribution in [3.63, 3.8) is 0 Å². The van der Waals surface area contributed by atoms with E-state index in [2.05, 4.69) is 34.7 Å². The Morgan fingerprint density at radius 2 is 2.00 bits per heavy atom. The van der Waals surface area contributed by atoms with E-state index < -0.39 is 0 Å². The van der Waals surface area contributed by atoms with Crippen LogP contribution in [0.4, 0.5) is 0 Å². The van der Waals surface area contributed by atoms with Gasteiger partial charge in [-0.25, -0.2) is 0 Å². The fourth-order valence-corrected chi connectivity index (χ4v) is 2.17. The van der Waals surface area contributed by atoms with Crippen LogP contribution >= 0.6 is 15.9 Å². The van der Waals surface area contributed by atoms with Crippen molar-refractivity contribution in [2.45, 2.75) is 32.8 Å². The molecule has 1 fully saturated rings. The first-order valence-electron chi connectivity index (χ1n) is 5.62. The molecule has 0 saturated carbocycles. The number of hydrogen-bond donors (Lipinski definition) is 0. The molecule has 0 spiro atoms. The van der Waals surface area contributed by atoms with Gasteiger partial charge in [0.1, 0.15) is 0 Å². The Morgan fingerprint density at radius 3 is 2.50 bits per heavy atom. The number of nitrogens with zero attached hydrogens (tertiary/aromatic N) is 1. The first kappa shape index (κ1) is 12.5. The normalized spacial score (nSPS) is 20.6. The molecule has 0 aromatic rings. The lowest BCUT2D eigenvalue weighted by Crippen LogP contribution is -2.39. The molecule has 0 bridgehead atoms. The van der Waals surface area contributed by atoms with Crippen LogP contribution < -0.4 is 0 Å². The lowest BCUT2D eigenvalue weighted by atomic mass is 10.1. The van der Waals surface area contributed by atoms with Crippen molar-refractivity contribution in [1.29, 1.82) is 0 Å². The highest BCUT2D eigenvalue weighted by atomic mass is 79.9. The fraction of sp³-hybridized carbons (Fsp3) is 1.00. The van der Waals surface area contributed by atoms with Gasteiger partial charge in [-0.3, -0.25) is 0 Å². The van der Waals surface area contributed by atoms with Crippen molar-refractivity contribution in [3.05, 3.63) is 0 Å². The third-order valence-corrected chi connectivity index (χ3v) is 2.91. The van der Waals surface area contributed by atoms with E-state index in [-0.39, 0.29) is 0 Å². The zero-order valence-corrected chi connectivity index (χ0v) is 10.9. The zero-order chi connectivity index (χ0) is 10.4. The molecule has 1 heterocycles. The molecule has 2 nitrogen and oxygen atoms in total. The number of hydrogen-bond acceptors (Lipinski definition) is 2. The maximum atomic E-state index is 5.71. The van der Waals surface area contributed by atoms with Crippen molar-refractivity contribution in [3.8, 4) is 0 Å². The summed E-state index contributed by atoms with van der Waals surface area (Å²) >= 11 is 3.39. The summed E-state index contributed by atoms with van der Waals surface area (Å²) in [7, 11) is 0. The van der Waals surface area contributed by atoms with Crippen LogP contribution in [0, 0.1) is 5.92 Å². The van der Waals surface area contributed by atoms with E-state index in [9.17, 15) is 0 Å². The molecule has 1 aliphatic heterocycles. The summed E-state index contributed by atoms with van der Waals surface area (Å²) in [5.74, 6) is 0.787. The van der Waals surface area contributed by atoms with Crippen LogP contribution in [0.1, 0.15) is 26.7 Å². The minimum Gasteiger partial charge on any atom is -0.377 e. The van der Waals surface area contributed by atoms with Gasteiger partial charge in [-0.2, -0.15) is 0 Å². The van der Waals surface area contributed by atoms with Gasteiger partial charge in [-0.15, -0.1) is 0 Å². The molecule has 1 rings (SSSR count). The molecule has 0 amide bonds. The van der Waals surface area contributed by atoms with Crippen LogP contribution in [0.2, 0.25) is 0 Å². The second kappa shape index (κ2) is 6.81. The van der Waals surface area contributed by atoms with Crippen LogP contribution in [0.25, 0.3) is 0 Å². The average Bonchev–Trinajstić information content (AvgIpc) is 2.16. The lowest BCUT2D eigenvalue weighted by molar-refractivity contribution is 0.0136. The van der Waals surface area contributed by atoms with Crippen LogP contribution in [0.3, 0.4) is 0 Å². The van der Waals surface area contributed by atoms with E-state index in [0.717, 1.165) is 17.9 Å². The molecule has 0 aromatic heterocycles. The predicted octanol–water partition coefficient (Wildman–Crippen LogP) is 2.52. The molecule has 3 heteroatoms. The monoisotopic (exact) mass is 263 g/mol. The first-order valence-corrected chi connectivity index (χ1v) is 6.74. The van der Waals surface area contributed by atoms with Crippen molar-refractivity contribution >= 4 is 15.9 Å². The van der Waals surface area contributed by atoms with Gasteiger partial charge in [0.25, 0.3) is 0 Å². The third kappa shape index (κ3) is 4.76. The van der Waals surface area contributed by atoms with E-state index in [1.54, 1.807) is 0 Å². The van der Waals surface area contributed by atoms with Gasteiger partial charge < -0.3 is 9.64 Å². The Hall–Kier alpha value is 0.400. The number of halogens is 1. The van der Waals surface area contributed by atoms with Gasteiger partial charge >= 0.3 is 0 Å². The Morgan fingerprint density at radius 1 is 1.36 bits per heavy atom. The quantitative estimate of drug-likeness (QED) is 0.707. The topological polar surface area (TPSA) is 12.5 Å². The zero-order valence-electron chi connectivity index (χ0n) is 9.34. The maximum absolute atomic E-state index is 5.71. The molecule has 0 N–H and O–H groups in total. The Bertz CT molecular complexity index is 144. The molecule has 0 aromatic carbocycles. The van der Waals surface area contributed by atoms with E-state index in [1.807, 2.05) is 0 Å². The number of piperidine rings is 1. The SMILES string of the molecule is CC(C)CN1CCC(OCCBr)CC1. The molecule has 0 radical (unpaired) electrons. The summed E-state index contributed by atoms with van der Waals surface area (Å²) in [6.45, 7) is 9.09. The number of rotatable bonds is 5. The predicted molar refractivity (Wildman–Crippen MR) is 64.0 cm³/mol. The minimum absolute atomic E-state index is 0.510. The number of likely N-dealkylation sites (tertiary alicyclic amines) is 1. The molecule has 84 valence electrons. The van der Waals surface area contributed by atoms with E-state index >= 15 is 0 Å². The van der Waals surface area contributed by atoms with Crippen molar-refractivity contribution in [2.24, 2.45) is 5.92 Å². The van der Waals surface area contributed by atoms with Crippen LogP contribution in [-0.2, 0) is 4.74 Å². The van der Waals surface area contributed by atoms with Crippen LogP contribution in [-0.4, -0.2) is 42.6 Å². The molecule has 0 aliphatic carbocycles. The van der Waals surface area contributed by atoms with E-state index in [1.165, 1.54) is 32.5 Å². The molecular weight excluding hydrogens is 242 g/mol. The summed E-state index contributed by atoms with van der Waals surface area (Å²) in [5, 5.41) is 0.958. The van der Waals surface area contributed by atoms with Crippen molar-refractivity contribution in [1.82, 2.24) is 4.90 Å². The summed E-state index contributed by atoms with van der Waals surface area (Å²) in [5.41, 5.74) is 0. The highest BCUT2D eigenvalue weighted by Gasteiger charge is 2.19. The van der Waals surface area contributed by atoms with Gasteiger partial charge in [-0.1, -0.05) is 29.8 Å². The van der Waals surface area contributed by atoms with Gasteiger partial charge in [0.2, 0.25) is 0 Å². The maximum Gasteiger partial charge on any atom is 0.0599 e. The Labute approximate surface area is 96.1 Å². The Kier molecular flexibility index (Phi) is 6.06. The standard InChI is InChI=1S/C11H22BrNO/c1-10(2)9-13-6-3-11(4-7-13)14-8-5-12/h10-11H,3-9H2,1-2H3. The second-order valence-corrected chi connectivity index (χ2v) is 5.25. The molecule has 0 atom stereocenters. The molecular formula is C11H22BrNO. The van der Waals surface area contributed by atoms with Crippen molar-refractivity contribution < 1.29 is 4.74 Å². The summed E-state index contributed by atoms with van der Waals surface area (Å²) in [6.07, 6.45) is 2.93. The molecule has 0 unspecified atom stereocenters. The smallest absolute Gasteiger partial charge is 0.0599 e. The van der Waals surface area contributed by atoms with Crippen LogP contribution in [0.15, 0.2) is 0 Å². The first-order chi connectivity index (χ1) is 6.72. The Balaban J connectivity index is 2.11. The molecule has 14 heavy (non-hydrogen) atoms. The largest absolute Gasteiger partial charge is 0.377 e. The molecule has 1 aliphatic rings. The van der Waals surface area contributed by atoms with Gasteiger partial charge in [0, 0.05) is 25.0 Å². The number of ether oxygens (including phenoxy) is 1. The minimum atomic E-state index is 0.510. The third-order valence-electron chi connectivity index (χ3n) is 2.59. The summed E-state index contributed by atoms with van der Waals surface area (Å²) in [6, 6.07) is 0. The van der Waals surface area contributed by atoms with E-state index in [4.69, 9.17) is 4.74 Å². The highest BCUT2D eigenvalue weighted by Crippen LogP contribution is 2.14. The van der Waals surface area contributed by atoms with Gasteiger partial charge in [-0.05, 0) is 18.8 Å². The van der Waals surface area contributed by atoms with Gasteiger partial charge in [0.15, 0.2) is 0 Å². The highest BCUT2D eigenvalue weighted by molar-refractivity contribution is 9.09.